The predicted octanol–water partition coefficient (Wildman–Crippen LogP) is 6.16. The van der Waals surface area contributed by atoms with E-state index in [0.29, 0.717) is 5.92 Å². The highest BCUT2D eigenvalue weighted by molar-refractivity contribution is 7.98. The number of fused-ring (bicyclic) bond motifs is 3. The van der Waals surface area contributed by atoms with E-state index in [1.165, 1.54) is 40.7 Å². The summed E-state index contributed by atoms with van der Waals surface area (Å²) in [5.41, 5.74) is 3.95. The Kier molecular flexibility index (Phi) is 4.69. The van der Waals surface area contributed by atoms with Gasteiger partial charge in [-0.2, -0.15) is 0 Å². The van der Waals surface area contributed by atoms with Crippen LogP contribution in [0, 0.1) is 0 Å². The number of anilines is 2. The van der Waals surface area contributed by atoms with Gasteiger partial charge in [0, 0.05) is 10.6 Å². The van der Waals surface area contributed by atoms with Crippen molar-refractivity contribution >= 4 is 44.8 Å². The van der Waals surface area contributed by atoms with Crippen molar-refractivity contribution in [1.29, 1.82) is 0 Å². The number of hydrogen-bond acceptors (Lipinski definition) is 5. The maximum Gasteiger partial charge on any atom is 0.190 e. The van der Waals surface area contributed by atoms with Crippen LogP contribution in [0.2, 0.25) is 0 Å². The molecule has 0 fully saturated rings. The Balaban J connectivity index is 1.87. The van der Waals surface area contributed by atoms with Crippen molar-refractivity contribution in [2.75, 3.05) is 11.6 Å². The molecule has 0 unspecified atom stereocenters. The van der Waals surface area contributed by atoms with Crippen LogP contribution in [0.25, 0.3) is 10.2 Å². The van der Waals surface area contributed by atoms with Crippen molar-refractivity contribution < 1.29 is 0 Å². The Bertz CT molecular complexity index is 915. The lowest BCUT2D eigenvalue weighted by Gasteiger charge is -2.16. The van der Waals surface area contributed by atoms with E-state index >= 15 is 0 Å². The molecule has 25 heavy (non-hydrogen) atoms. The zero-order valence-electron chi connectivity index (χ0n) is 14.9. The molecule has 2 heterocycles. The first kappa shape index (κ1) is 16.9. The molecule has 3 nitrogen and oxygen atoms in total. The van der Waals surface area contributed by atoms with Crippen molar-refractivity contribution in [2.45, 2.75) is 50.6 Å². The second-order valence-corrected chi connectivity index (χ2v) is 8.67. The number of thioether (sulfide) groups is 1. The van der Waals surface area contributed by atoms with E-state index in [0.717, 1.165) is 27.9 Å². The zero-order chi connectivity index (χ0) is 17.4. The molecule has 0 amide bonds. The molecule has 1 aromatic carbocycles. The minimum atomic E-state index is 0.470. The second-order valence-electron chi connectivity index (χ2n) is 6.82. The summed E-state index contributed by atoms with van der Waals surface area (Å²) < 4.78 is 0. The fraction of sp³-hybridized carbons (Fsp3) is 0.400. The molecule has 0 atom stereocenters. The lowest BCUT2D eigenvalue weighted by Crippen LogP contribution is -2.03. The van der Waals surface area contributed by atoms with E-state index in [1.54, 1.807) is 11.8 Å². The third kappa shape index (κ3) is 3.15. The average Bonchev–Trinajstić information content (AvgIpc) is 3.00. The molecule has 0 radical (unpaired) electrons. The van der Waals surface area contributed by atoms with Crippen LogP contribution in [0.5, 0.6) is 0 Å². The van der Waals surface area contributed by atoms with Crippen LogP contribution in [0.3, 0.4) is 0 Å². The summed E-state index contributed by atoms with van der Waals surface area (Å²) in [6.07, 6.45) is 6.94. The molecule has 0 spiro atoms. The molecule has 0 saturated carbocycles. The van der Waals surface area contributed by atoms with Crippen LogP contribution in [-0.2, 0) is 12.8 Å². The first-order valence-corrected chi connectivity index (χ1v) is 10.9. The van der Waals surface area contributed by atoms with Gasteiger partial charge in [0.2, 0.25) is 0 Å². The third-order valence-corrected chi connectivity index (χ3v) is 6.55. The lowest BCUT2D eigenvalue weighted by atomic mass is 9.97. The summed E-state index contributed by atoms with van der Waals surface area (Å²) in [5.74, 6) is 1.44. The Morgan fingerprint density at radius 3 is 2.72 bits per heavy atom. The Hall–Kier alpha value is -1.59. The maximum atomic E-state index is 4.84. The Morgan fingerprint density at radius 2 is 1.92 bits per heavy atom. The van der Waals surface area contributed by atoms with Gasteiger partial charge in [-0.15, -0.1) is 11.3 Å². The van der Waals surface area contributed by atoms with Crippen LogP contribution >= 0.6 is 23.1 Å². The molecular formula is C20H23N3S2. The molecule has 1 aliphatic rings. The summed E-state index contributed by atoms with van der Waals surface area (Å²) in [5, 5.41) is 5.74. The van der Waals surface area contributed by atoms with Gasteiger partial charge >= 0.3 is 0 Å². The molecule has 4 rings (SSSR count). The van der Waals surface area contributed by atoms with E-state index in [2.05, 4.69) is 43.4 Å². The number of nitrogens with one attached hydrogen (secondary N) is 1. The van der Waals surface area contributed by atoms with Gasteiger partial charge in [-0.1, -0.05) is 43.8 Å². The number of thiophene rings is 1. The van der Waals surface area contributed by atoms with Crippen molar-refractivity contribution in [3.8, 4) is 0 Å². The lowest BCUT2D eigenvalue weighted by molar-refractivity contribution is 0.700. The van der Waals surface area contributed by atoms with E-state index < -0.39 is 0 Å². The smallest absolute Gasteiger partial charge is 0.190 e. The fourth-order valence-electron chi connectivity index (χ4n) is 3.56. The summed E-state index contributed by atoms with van der Waals surface area (Å²) in [6, 6.07) is 8.55. The van der Waals surface area contributed by atoms with E-state index in [-0.39, 0.29) is 0 Å². The van der Waals surface area contributed by atoms with Gasteiger partial charge in [-0.3, -0.25) is 0 Å². The molecular weight excluding hydrogens is 346 g/mol. The highest BCUT2D eigenvalue weighted by atomic mass is 32.2. The molecule has 1 N–H and O–H groups in total. The molecule has 1 aliphatic carbocycles. The van der Waals surface area contributed by atoms with Crippen LogP contribution in [0.4, 0.5) is 11.5 Å². The largest absolute Gasteiger partial charge is 0.339 e. The maximum absolute atomic E-state index is 4.84. The number of aromatic nitrogens is 2. The molecule has 0 bridgehead atoms. The molecule has 2 aromatic heterocycles. The van der Waals surface area contributed by atoms with Gasteiger partial charge in [0.25, 0.3) is 0 Å². The second kappa shape index (κ2) is 6.96. The summed E-state index contributed by atoms with van der Waals surface area (Å²) in [4.78, 5) is 12.3. The van der Waals surface area contributed by atoms with Crippen molar-refractivity contribution in [1.82, 2.24) is 9.97 Å². The van der Waals surface area contributed by atoms with Crippen LogP contribution in [0.1, 0.15) is 48.6 Å². The number of benzene rings is 1. The van der Waals surface area contributed by atoms with Gasteiger partial charge in [-0.05, 0) is 55.1 Å². The minimum Gasteiger partial charge on any atom is -0.339 e. The highest BCUT2D eigenvalue weighted by Gasteiger charge is 2.21. The summed E-state index contributed by atoms with van der Waals surface area (Å²) in [6.45, 7) is 4.46. The Labute approximate surface area is 157 Å². The number of nitrogens with zero attached hydrogens (tertiary/aromatic N) is 2. The van der Waals surface area contributed by atoms with Crippen LogP contribution < -0.4 is 5.32 Å². The van der Waals surface area contributed by atoms with Crippen molar-refractivity contribution in [3.05, 3.63) is 40.3 Å². The first-order valence-electron chi connectivity index (χ1n) is 8.89. The summed E-state index contributed by atoms with van der Waals surface area (Å²) >= 11 is 3.47. The standard InChI is InChI=1S/C20H23N3S2/c1-12(2)13-8-4-6-10-15(13)21-18-17-14-9-5-7-11-16(14)25-19(17)23-20(22-18)24-3/h4,6,8,10,12H,5,7,9,11H2,1-3H3,(H,21,22,23). The highest BCUT2D eigenvalue weighted by Crippen LogP contribution is 2.40. The SMILES string of the molecule is CSc1nc(Nc2ccccc2C(C)C)c2c3c(sc2n1)CCCC3. The van der Waals surface area contributed by atoms with E-state index in [4.69, 9.17) is 9.97 Å². The van der Waals surface area contributed by atoms with Gasteiger partial charge < -0.3 is 5.32 Å². The molecule has 0 aliphatic heterocycles. The third-order valence-electron chi connectivity index (χ3n) is 4.81. The van der Waals surface area contributed by atoms with Crippen LogP contribution in [-0.4, -0.2) is 16.2 Å². The van der Waals surface area contributed by atoms with E-state index in [9.17, 15) is 0 Å². The zero-order valence-corrected chi connectivity index (χ0v) is 16.6. The van der Waals surface area contributed by atoms with Gasteiger partial charge in [0.05, 0.1) is 5.39 Å². The Morgan fingerprint density at radius 1 is 1.12 bits per heavy atom. The van der Waals surface area contributed by atoms with Gasteiger partial charge in [0.15, 0.2) is 5.16 Å². The van der Waals surface area contributed by atoms with Crippen LogP contribution in [0.15, 0.2) is 29.4 Å². The van der Waals surface area contributed by atoms with Crippen molar-refractivity contribution in [2.24, 2.45) is 0 Å². The molecule has 130 valence electrons. The topological polar surface area (TPSA) is 37.8 Å². The number of aryl methyl sites for hydroxylation is 2. The number of hydrogen-bond donors (Lipinski definition) is 1. The fourth-order valence-corrected chi connectivity index (χ4v) is 5.25. The predicted molar refractivity (Wildman–Crippen MR) is 110 cm³/mol. The molecule has 5 heteroatoms. The van der Waals surface area contributed by atoms with Crippen molar-refractivity contribution in [3.63, 3.8) is 0 Å². The number of para-hydroxylation sites is 1. The molecule has 0 saturated heterocycles. The minimum absolute atomic E-state index is 0.470. The first-order chi connectivity index (χ1) is 12.2. The van der Waals surface area contributed by atoms with Gasteiger partial charge in [-0.25, -0.2) is 9.97 Å². The summed E-state index contributed by atoms with van der Waals surface area (Å²) in [7, 11) is 0. The monoisotopic (exact) mass is 369 g/mol. The normalized spacial score (nSPS) is 14.1. The number of rotatable bonds is 4. The quantitative estimate of drug-likeness (QED) is 0.441. The van der Waals surface area contributed by atoms with E-state index in [1.807, 2.05) is 17.6 Å². The van der Waals surface area contributed by atoms with Gasteiger partial charge in [0.1, 0.15) is 10.6 Å². The molecule has 3 aromatic rings. The average molecular weight is 370 g/mol.